The number of alkyl halides is 2. The smallest absolute Gasteiger partial charge is 0.319 e. The maximum absolute atomic E-state index is 10.4. The van der Waals surface area contributed by atoms with Gasteiger partial charge in [-0.05, 0) is 0 Å². The van der Waals surface area contributed by atoms with Gasteiger partial charge in [-0.1, -0.05) is 23.2 Å². The third-order valence-electron chi connectivity index (χ3n) is 0.830. The van der Waals surface area contributed by atoms with E-state index in [1.54, 1.807) is 0 Å². The molecule has 0 atom stereocenters. The molecule has 6 heteroatoms. The van der Waals surface area contributed by atoms with Gasteiger partial charge in [0.15, 0.2) is 0 Å². The molecule has 52 valence electrons. The molecule has 1 aliphatic rings. The van der Waals surface area contributed by atoms with Gasteiger partial charge in [-0.3, -0.25) is 10.6 Å². The molecule has 1 heterocycles. The molecule has 0 aromatic rings. The van der Waals surface area contributed by atoms with Crippen molar-refractivity contribution in [2.24, 2.45) is 0 Å². The van der Waals surface area contributed by atoms with E-state index in [4.69, 9.17) is 23.2 Å². The van der Waals surface area contributed by atoms with Crippen LogP contribution in [-0.4, -0.2) is 17.3 Å². The molecule has 0 bridgehead atoms. The van der Waals surface area contributed by atoms with E-state index in [9.17, 15) is 4.79 Å². The quantitative estimate of drug-likeness (QED) is 0.352. The molecule has 4 nitrogen and oxygen atoms in total. The van der Waals surface area contributed by atoms with Crippen LogP contribution in [0.15, 0.2) is 0 Å². The molecule has 0 aromatic carbocycles. The van der Waals surface area contributed by atoms with Crippen LogP contribution >= 0.6 is 23.2 Å². The predicted molar refractivity (Wildman–Crippen MR) is 34.1 cm³/mol. The van der Waals surface area contributed by atoms with Crippen molar-refractivity contribution < 1.29 is 4.79 Å². The minimum atomic E-state index is -1.32. The molecule has 3 N–H and O–H groups in total. The minimum absolute atomic E-state index is 0.277. The van der Waals surface area contributed by atoms with E-state index in [-0.39, 0.29) is 12.7 Å². The van der Waals surface area contributed by atoms with Gasteiger partial charge in [0.1, 0.15) is 0 Å². The number of halogens is 2. The highest BCUT2D eigenvalue weighted by Crippen LogP contribution is 2.12. The number of rotatable bonds is 0. The lowest BCUT2D eigenvalue weighted by Crippen LogP contribution is -2.62. The molecule has 9 heavy (non-hydrogen) atoms. The number of carbonyl (C=O) groups excluding carboxylic acids is 1. The number of amides is 2. The Balaban J connectivity index is 2.51. The summed E-state index contributed by atoms with van der Waals surface area (Å²) in [4.78, 5) is 10.4. The van der Waals surface area contributed by atoms with E-state index < -0.39 is 4.58 Å². The van der Waals surface area contributed by atoms with Crippen LogP contribution in [0.5, 0.6) is 0 Å². The van der Waals surface area contributed by atoms with Gasteiger partial charge in [-0.15, -0.1) is 0 Å². The van der Waals surface area contributed by atoms with Crippen molar-refractivity contribution in [3.8, 4) is 0 Å². The Kier molecular flexibility index (Phi) is 1.70. The standard InChI is InChI=1S/C3H5Cl2N3O/c4-3(5)7-1-6-2(9)8-3/h7H,1H2,(H2,6,8,9). The highest BCUT2D eigenvalue weighted by atomic mass is 35.5. The first-order valence-electron chi connectivity index (χ1n) is 2.29. The summed E-state index contributed by atoms with van der Waals surface area (Å²) >= 11 is 10.9. The summed E-state index contributed by atoms with van der Waals surface area (Å²) in [6, 6.07) is -0.376. The summed E-state index contributed by atoms with van der Waals surface area (Å²) in [5.41, 5.74) is 0. The Hall–Kier alpha value is -0.190. The SMILES string of the molecule is O=C1NCNC(Cl)(Cl)N1. The van der Waals surface area contributed by atoms with Crippen LogP contribution in [0.1, 0.15) is 0 Å². The van der Waals surface area contributed by atoms with Crippen LogP contribution < -0.4 is 16.0 Å². The van der Waals surface area contributed by atoms with Crippen LogP contribution in [0.3, 0.4) is 0 Å². The Morgan fingerprint density at radius 1 is 1.56 bits per heavy atom. The van der Waals surface area contributed by atoms with Gasteiger partial charge < -0.3 is 5.32 Å². The zero-order valence-corrected chi connectivity index (χ0v) is 5.88. The van der Waals surface area contributed by atoms with Gasteiger partial charge in [-0.2, -0.15) is 0 Å². The highest BCUT2D eigenvalue weighted by molar-refractivity contribution is 6.48. The fraction of sp³-hybridized carbons (Fsp3) is 0.667. The van der Waals surface area contributed by atoms with Crippen LogP contribution in [0.25, 0.3) is 0 Å². The van der Waals surface area contributed by atoms with Gasteiger partial charge in [0.25, 0.3) is 0 Å². The van der Waals surface area contributed by atoms with Crippen LogP contribution in [0, 0.1) is 0 Å². The molecule has 0 saturated carbocycles. The third-order valence-corrected chi connectivity index (χ3v) is 1.29. The van der Waals surface area contributed by atoms with Gasteiger partial charge in [0.05, 0.1) is 6.67 Å². The second kappa shape index (κ2) is 2.21. The van der Waals surface area contributed by atoms with Crippen LogP contribution in [-0.2, 0) is 0 Å². The lowest BCUT2D eigenvalue weighted by Gasteiger charge is -2.27. The van der Waals surface area contributed by atoms with Crippen molar-refractivity contribution in [3.63, 3.8) is 0 Å². The first-order valence-corrected chi connectivity index (χ1v) is 3.05. The number of hydrogen-bond acceptors (Lipinski definition) is 2. The van der Waals surface area contributed by atoms with Gasteiger partial charge in [0, 0.05) is 0 Å². The van der Waals surface area contributed by atoms with E-state index >= 15 is 0 Å². The zero-order chi connectivity index (χ0) is 6.91. The molecule has 1 saturated heterocycles. The Morgan fingerprint density at radius 3 is 2.56 bits per heavy atom. The average Bonchev–Trinajstić information content (AvgIpc) is 1.60. The number of carbonyl (C=O) groups is 1. The second-order valence-corrected chi connectivity index (χ2v) is 2.89. The summed E-state index contributed by atoms with van der Waals surface area (Å²) in [5.74, 6) is 0. The summed E-state index contributed by atoms with van der Waals surface area (Å²) in [5, 5.41) is 7.21. The first kappa shape index (κ1) is 6.92. The number of nitrogens with one attached hydrogen (secondary N) is 3. The molecule has 0 radical (unpaired) electrons. The average molecular weight is 170 g/mol. The van der Waals surface area contributed by atoms with Crippen molar-refractivity contribution in [2.45, 2.75) is 4.58 Å². The molecular formula is C3H5Cl2N3O. The molecule has 2 amide bonds. The summed E-state index contributed by atoms with van der Waals surface area (Å²) in [7, 11) is 0. The van der Waals surface area contributed by atoms with E-state index in [1.807, 2.05) is 0 Å². The minimum Gasteiger partial charge on any atom is -0.325 e. The molecule has 1 fully saturated rings. The van der Waals surface area contributed by atoms with Crippen LogP contribution in [0.2, 0.25) is 0 Å². The first-order chi connectivity index (χ1) is 4.10. The molecule has 0 aliphatic carbocycles. The van der Waals surface area contributed by atoms with Crippen molar-refractivity contribution in [2.75, 3.05) is 6.67 Å². The summed E-state index contributed by atoms with van der Waals surface area (Å²) in [6.07, 6.45) is 0. The van der Waals surface area contributed by atoms with Crippen molar-refractivity contribution >= 4 is 29.2 Å². The maximum Gasteiger partial charge on any atom is 0.319 e. The van der Waals surface area contributed by atoms with Crippen molar-refractivity contribution in [1.82, 2.24) is 16.0 Å². The normalized spacial score (nSPS) is 24.4. The predicted octanol–water partition coefficient (Wildman–Crippen LogP) is -0.0648. The zero-order valence-electron chi connectivity index (χ0n) is 4.37. The van der Waals surface area contributed by atoms with E-state index in [0.29, 0.717) is 0 Å². The Morgan fingerprint density at radius 2 is 2.22 bits per heavy atom. The highest BCUT2D eigenvalue weighted by Gasteiger charge is 2.28. The van der Waals surface area contributed by atoms with Crippen molar-refractivity contribution in [3.05, 3.63) is 0 Å². The Bertz CT molecular complexity index is 137. The van der Waals surface area contributed by atoms with E-state index in [2.05, 4.69) is 16.0 Å². The molecular weight excluding hydrogens is 165 g/mol. The largest absolute Gasteiger partial charge is 0.325 e. The van der Waals surface area contributed by atoms with Gasteiger partial charge >= 0.3 is 6.03 Å². The van der Waals surface area contributed by atoms with Gasteiger partial charge in [0.2, 0.25) is 4.58 Å². The number of hydrogen-bond donors (Lipinski definition) is 3. The molecule has 0 unspecified atom stereocenters. The lowest BCUT2D eigenvalue weighted by molar-refractivity contribution is 0.227. The maximum atomic E-state index is 10.4. The van der Waals surface area contributed by atoms with Gasteiger partial charge in [-0.25, -0.2) is 4.79 Å². The topological polar surface area (TPSA) is 53.2 Å². The molecule has 1 rings (SSSR count). The fourth-order valence-electron chi connectivity index (χ4n) is 0.466. The molecule has 0 spiro atoms. The fourth-order valence-corrected chi connectivity index (χ4v) is 0.772. The van der Waals surface area contributed by atoms with Crippen LogP contribution in [0.4, 0.5) is 4.79 Å². The monoisotopic (exact) mass is 169 g/mol. The second-order valence-electron chi connectivity index (χ2n) is 1.56. The van der Waals surface area contributed by atoms with E-state index in [1.165, 1.54) is 0 Å². The lowest BCUT2D eigenvalue weighted by atomic mass is 10.7. The summed E-state index contributed by atoms with van der Waals surface area (Å²) < 4.78 is -1.32. The third kappa shape index (κ3) is 1.89. The van der Waals surface area contributed by atoms with Crippen molar-refractivity contribution in [1.29, 1.82) is 0 Å². The van der Waals surface area contributed by atoms with E-state index in [0.717, 1.165) is 0 Å². The number of urea groups is 1. The summed E-state index contributed by atoms with van der Waals surface area (Å²) in [6.45, 7) is 0.277. The Labute approximate surface area is 61.9 Å². The molecule has 0 aromatic heterocycles. The molecule has 1 aliphatic heterocycles.